The van der Waals surface area contributed by atoms with Gasteiger partial charge in [-0.15, -0.1) is 0 Å². The first-order chi connectivity index (χ1) is 10.1. The van der Waals surface area contributed by atoms with Gasteiger partial charge in [0.1, 0.15) is 5.69 Å². The van der Waals surface area contributed by atoms with Gasteiger partial charge in [-0.3, -0.25) is 4.79 Å². The molecule has 2 aromatic carbocycles. The highest BCUT2D eigenvalue weighted by Crippen LogP contribution is 2.30. The molecule has 0 aliphatic carbocycles. The molecule has 0 aliphatic heterocycles. The zero-order valence-electron chi connectivity index (χ0n) is 10.8. The second-order valence-corrected chi connectivity index (χ2v) is 5.00. The number of hydrogen-bond acceptors (Lipinski definition) is 2. The van der Waals surface area contributed by atoms with Gasteiger partial charge in [0.2, 0.25) is 0 Å². The molecule has 0 spiro atoms. The highest BCUT2D eigenvalue weighted by molar-refractivity contribution is 6.30. The Morgan fingerprint density at radius 2 is 1.62 bits per heavy atom. The van der Waals surface area contributed by atoms with Crippen LogP contribution in [0.5, 0.6) is 0 Å². The summed E-state index contributed by atoms with van der Waals surface area (Å²) in [5.41, 5.74) is 0.625. The summed E-state index contributed by atoms with van der Waals surface area (Å²) in [5.74, 6) is -1.18. The van der Waals surface area contributed by atoms with E-state index >= 15 is 0 Å². The van der Waals surface area contributed by atoms with Crippen LogP contribution in [-0.2, 0) is 0 Å². The van der Waals surface area contributed by atoms with E-state index in [9.17, 15) is 14.7 Å². The molecule has 5 heteroatoms. The molecule has 3 aromatic rings. The average molecular weight is 300 g/mol. The second-order valence-electron chi connectivity index (χ2n) is 4.56. The minimum absolute atomic E-state index is 0.124. The normalized spacial score (nSPS) is 10.7. The number of carboxylic acids is 1. The van der Waals surface area contributed by atoms with Gasteiger partial charge in [0.25, 0.3) is 5.56 Å². The smallest absolute Gasteiger partial charge is 0.353 e. The molecule has 0 saturated carbocycles. The molecule has 3 rings (SSSR count). The largest absolute Gasteiger partial charge is 0.477 e. The van der Waals surface area contributed by atoms with Gasteiger partial charge in [-0.25, -0.2) is 4.79 Å². The fraction of sp³-hybridized carbons (Fsp3) is 0. The van der Waals surface area contributed by atoms with Crippen LogP contribution in [-0.4, -0.2) is 16.1 Å². The third-order valence-corrected chi connectivity index (χ3v) is 3.53. The van der Waals surface area contributed by atoms with Gasteiger partial charge < -0.3 is 10.1 Å². The van der Waals surface area contributed by atoms with E-state index in [1.165, 1.54) is 0 Å². The number of H-pyrrole nitrogens is 1. The Hall–Kier alpha value is -2.59. The molecule has 0 bridgehead atoms. The van der Waals surface area contributed by atoms with E-state index in [1.54, 1.807) is 48.5 Å². The number of fused-ring (bicyclic) bond motifs is 1. The number of benzene rings is 2. The van der Waals surface area contributed by atoms with Gasteiger partial charge in [-0.2, -0.15) is 0 Å². The van der Waals surface area contributed by atoms with E-state index in [0.717, 1.165) is 0 Å². The second kappa shape index (κ2) is 5.07. The molecule has 0 radical (unpaired) electrons. The predicted molar refractivity (Wildman–Crippen MR) is 82.0 cm³/mol. The summed E-state index contributed by atoms with van der Waals surface area (Å²) < 4.78 is 0. The van der Waals surface area contributed by atoms with Crippen LogP contribution in [0, 0.1) is 0 Å². The van der Waals surface area contributed by atoms with E-state index in [-0.39, 0.29) is 5.69 Å². The van der Waals surface area contributed by atoms with Crippen molar-refractivity contribution in [2.75, 3.05) is 0 Å². The fourth-order valence-corrected chi connectivity index (χ4v) is 2.48. The van der Waals surface area contributed by atoms with Crippen LogP contribution in [0.2, 0.25) is 5.02 Å². The fourth-order valence-electron chi connectivity index (χ4n) is 2.35. The van der Waals surface area contributed by atoms with Gasteiger partial charge in [0.05, 0.1) is 0 Å². The number of rotatable bonds is 2. The van der Waals surface area contributed by atoms with E-state index in [1.807, 2.05) is 0 Å². The lowest BCUT2D eigenvalue weighted by Gasteiger charge is -2.10. The summed E-state index contributed by atoms with van der Waals surface area (Å²) in [5, 5.41) is 11.0. The van der Waals surface area contributed by atoms with Gasteiger partial charge in [0.15, 0.2) is 0 Å². The minimum Gasteiger partial charge on any atom is -0.477 e. The Morgan fingerprint density at radius 1 is 1.00 bits per heavy atom. The Morgan fingerprint density at radius 3 is 2.24 bits per heavy atom. The number of nitrogens with one attached hydrogen (secondary N) is 1. The van der Waals surface area contributed by atoms with Crippen molar-refractivity contribution in [1.29, 1.82) is 0 Å². The molecule has 0 atom stereocenters. The van der Waals surface area contributed by atoms with Crippen LogP contribution in [0.4, 0.5) is 0 Å². The number of carbonyl (C=O) groups is 1. The minimum atomic E-state index is -1.18. The van der Waals surface area contributed by atoms with Gasteiger partial charge in [0, 0.05) is 16.0 Å². The van der Waals surface area contributed by atoms with Crippen LogP contribution in [0.15, 0.2) is 53.3 Å². The number of pyridine rings is 1. The van der Waals surface area contributed by atoms with Crippen molar-refractivity contribution in [3.8, 4) is 11.1 Å². The third kappa shape index (κ3) is 2.30. The van der Waals surface area contributed by atoms with Crippen molar-refractivity contribution in [2.45, 2.75) is 0 Å². The maximum absolute atomic E-state index is 12.0. The molecule has 0 unspecified atom stereocenters. The highest BCUT2D eigenvalue weighted by atomic mass is 35.5. The molecule has 0 aliphatic rings. The maximum Gasteiger partial charge on any atom is 0.353 e. The van der Waals surface area contributed by atoms with Crippen molar-refractivity contribution in [2.24, 2.45) is 0 Å². The quantitative estimate of drug-likeness (QED) is 0.760. The topological polar surface area (TPSA) is 70.2 Å². The molecule has 0 amide bonds. The summed E-state index contributed by atoms with van der Waals surface area (Å²) >= 11 is 5.87. The molecule has 21 heavy (non-hydrogen) atoms. The Kier molecular flexibility index (Phi) is 3.23. The monoisotopic (exact) mass is 299 g/mol. The Balaban J connectivity index is 2.46. The number of aromatic carboxylic acids is 1. The summed E-state index contributed by atoms with van der Waals surface area (Å²) in [6, 6.07) is 13.7. The predicted octanol–water partition coefficient (Wildman–Crippen LogP) is 3.55. The van der Waals surface area contributed by atoms with E-state index in [2.05, 4.69) is 4.98 Å². The molecule has 2 N–H and O–H groups in total. The number of halogens is 1. The molecule has 4 nitrogen and oxygen atoms in total. The molecule has 0 fully saturated rings. The van der Waals surface area contributed by atoms with Crippen molar-refractivity contribution in [3.63, 3.8) is 0 Å². The zero-order chi connectivity index (χ0) is 15.0. The number of carboxylic acid groups (broad SMARTS) is 1. The molecule has 1 heterocycles. The van der Waals surface area contributed by atoms with Crippen LogP contribution >= 0.6 is 11.6 Å². The summed E-state index contributed by atoms with van der Waals surface area (Å²) in [6.07, 6.45) is 0. The number of hydrogen-bond donors (Lipinski definition) is 2. The standard InChI is InChI=1S/C16H10ClNO3/c17-10-7-5-9(6-8-10)13-11-3-1-2-4-12(11)15(19)18-14(13)16(20)21/h1-8H,(H,18,19)(H,20,21). The van der Waals surface area contributed by atoms with Gasteiger partial charge in [-0.05, 0) is 29.1 Å². The maximum atomic E-state index is 12.0. The lowest BCUT2D eigenvalue weighted by atomic mass is 9.97. The van der Waals surface area contributed by atoms with Crippen LogP contribution in [0.3, 0.4) is 0 Å². The van der Waals surface area contributed by atoms with Gasteiger partial charge >= 0.3 is 5.97 Å². The lowest BCUT2D eigenvalue weighted by Crippen LogP contribution is -2.15. The molecular weight excluding hydrogens is 290 g/mol. The zero-order valence-corrected chi connectivity index (χ0v) is 11.5. The summed E-state index contributed by atoms with van der Waals surface area (Å²) in [4.78, 5) is 25.9. The summed E-state index contributed by atoms with van der Waals surface area (Å²) in [6.45, 7) is 0. The van der Waals surface area contributed by atoms with Gasteiger partial charge in [-0.1, -0.05) is 41.9 Å². The van der Waals surface area contributed by atoms with Crippen molar-refractivity contribution >= 4 is 28.3 Å². The SMILES string of the molecule is O=C(O)c1[nH]c(=O)c2ccccc2c1-c1ccc(Cl)cc1. The van der Waals surface area contributed by atoms with Crippen LogP contribution in [0.1, 0.15) is 10.5 Å². The van der Waals surface area contributed by atoms with E-state index in [4.69, 9.17) is 11.6 Å². The molecular formula is C16H10ClNO3. The van der Waals surface area contributed by atoms with Crippen LogP contribution in [0.25, 0.3) is 21.9 Å². The number of aromatic amines is 1. The first-order valence-electron chi connectivity index (χ1n) is 6.22. The van der Waals surface area contributed by atoms with Crippen molar-refractivity contribution in [1.82, 2.24) is 4.98 Å². The van der Waals surface area contributed by atoms with E-state index in [0.29, 0.717) is 26.9 Å². The third-order valence-electron chi connectivity index (χ3n) is 3.28. The summed E-state index contributed by atoms with van der Waals surface area (Å²) in [7, 11) is 0. The molecule has 0 saturated heterocycles. The Bertz CT molecular complexity index is 898. The average Bonchev–Trinajstić information content (AvgIpc) is 2.48. The molecule has 1 aromatic heterocycles. The highest BCUT2D eigenvalue weighted by Gasteiger charge is 2.17. The first-order valence-corrected chi connectivity index (χ1v) is 6.60. The molecule has 104 valence electrons. The lowest BCUT2D eigenvalue weighted by molar-refractivity contribution is 0.0691. The van der Waals surface area contributed by atoms with E-state index < -0.39 is 11.5 Å². The Labute approximate surface area is 124 Å². The van der Waals surface area contributed by atoms with Crippen LogP contribution < -0.4 is 5.56 Å². The van der Waals surface area contributed by atoms with Crippen molar-refractivity contribution in [3.05, 3.63) is 69.6 Å². The van der Waals surface area contributed by atoms with Crippen molar-refractivity contribution < 1.29 is 9.90 Å². The first kappa shape index (κ1) is 13.4. The number of aromatic nitrogens is 1.